The topological polar surface area (TPSA) is 26.3 Å². The van der Waals surface area contributed by atoms with Crippen LogP contribution in [0.1, 0.15) is 50.9 Å². The van der Waals surface area contributed by atoms with E-state index in [1.165, 1.54) is 13.2 Å². The molecule has 0 saturated heterocycles. The third kappa shape index (κ3) is 4.66. The second-order valence-corrected chi connectivity index (χ2v) is 6.32. The first-order chi connectivity index (χ1) is 8.74. The molecule has 0 heterocycles. The normalized spacial score (nSPS) is 13.2. The molecule has 1 unspecified atom stereocenters. The van der Waals surface area contributed by atoms with Gasteiger partial charge in [0.15, 0.2) is 17.3 Å². The lowest BCUT2D eigenvalue weighted by Crippen LogP contribution is -2.15. The minimum atomic E-state index is -0.489. The number of hydrogen-bond donors (Lipinski definition) is 0. The number of halogens is 1. The van der Waals surface area contributed by atoms with E-state index in [2.05, 4.69) is 27.7 Å². The highest BCUT2D eigenvalue weighted by atomic mass is 19.1. The predicted octanol–water partition coefficient (Wildman–Crippen LogP) is 4.48. The molecule has 0 aliphatic heterocycles. The molecule has 3 heteroatoms. The molecule has 19 heavy (non-hydrogen) atoms. The summed E-state index contributed by atoms with van der Waals surface area (Å²) < 4.78 is 18.5. The maximum atomic E-state index is 13.5. The molecule has 0 aliphatic carbocycles. The average Bonchev–Trinajstić information content (AvgIpc) is 2.25. The van der Waals surface area contributed by atoms with Crippen molar-refractivity contribution in [2.24, 2.45) is 11.3 Å². The summed E-state index contributed by atoms with van der Waals surface area (Å²) in [6.07, 6.45) is 1.37. The number of hydrogen-bond acceptors (Lipinski definition) is 2. The highest BCUT2D eigenvalue weighted by Crippen LogP contribution is 2.29. The molecule has 0 amide bonds. The van der Waals surface area contributed by atoms with Crippen molar-refractivity contribution in [3.05, 3.63) is 29.6 Å². The van der Waals surface area contributed by atoms with E-state index >= 15 is 0 Å². The first-order valence-electron chi connectivity index (χ1n) is 6.60. The summed E-state index contributed by atoms with van der Waals surface area (Å²) in [7, 11) is 1.38. The van der Waals surface area contributed by atoms with Gasteiger partial charge in [0.25, 0.3) is 0 Å². The number of carbonyl (C=O) groups excluding carboxylic acids is 1. The van der Waals surface area contributed by atoms with Crippen molar-refractivity contribution in [3.63, 3.8) is 0 Å². The number of rotatable bonds is 5. The van der Waals surface area contributed by atoms with E-state index < -0.39 is 5.82 Å². The Kier molecular flexibility index (Phi) is 5.10. The second kappa shape index (κ2) is 6.18. The van der Waals surface area contributed by atoms with Gasteiger partial charge in [0.2, 0.25) is 0 Å². The molecular weight excluding hydrogens is 243 g/mol. The van der Waals surface area contributed by atoms with Gasteiger partial charge in [-0.15, -0.1) is 0 Å². The third-order valence-corrected chi connectivity index (χ3v) is 2.97. The molecular formula is C16H23FO2. The van der Waals surface area contributed by atoms with Crippen LogP contribution in [0.2, 0.25) is 0 Å². The quantitative estimate of drug-likeness (QED) is 0.734. The summed E-state index contributed by atoms with van der Waals surface area (Å²) in [6, 6.07) is 4.46. The summed E-state index contributed by atoms with van der Waals surface area (Å²) in [5.74, 6) is -0.235. The SMILES string of the molecule is COc1c(F)cccc1C(=O)CC(C)CC(C)(C)C. The fourth-order valence-electron chi connectivity index (χ4n) is 2.48. The molecule has 0 saturated carbocycles. The van der Waals surface area contributed by atoms with Crippen molar-refractivity contribution < 1.29 is 13.9 Å². The second-order valence-electron chi connectivity index (χ2n) is 6.32. The van der Waals surface area contributed by atoms with E-state index in [1.54, 1.807) is 12.1 Å². The summed E-state index contributed by atoms with van der Waals surface area (Å²) in [4.78, 5) is 12.2. The Morgan fingerprint density at radius 2 is 2.00 bits per heavy atom. The fourth-order valence-corrected chi connectivity index (χ4v) is 2.48. The van der Waals surface area contributed by atoms with Crippen LogP contribution in [-0.4, -0.2) is 12.9 Å². The standard InChI is InChI=1S/C16H23FO2/c1-11(10-16(2,3)4)9-14(18)12-7-6-8-13(17)15(12)19-5/h6-8,11H,9-10H2,1-5H3. The molecule has 0 N–H and O–H groups in total. The van der Waals surface area contributed by atoms with Gasteiger partial charge >= 0.3 is 0 Å². The van der Waals surface area contributed by atoms with Gasteiger partial charge in [-0.3, -0.25) is 4.79 Å². The van der Waals surface area contributed by atoms with E-state index in [4.69, 9.17) is 4.74 Å². The number of para-hydroxylation sites is 1. The number of benzene rings is 1. The van der Waals surface area contributed by atoms with Crippen LogP contribution in [-0.2, 0) is 0 Å². The zero-order chi connectivity index (χ0) is 14.6. The number of methoxy groups -OCH3 is 1. The number of ether oxygens (including phenoxy) is 1. The van der Waals surface area contributed by atoms with Gasteiger partial charge in [0.05, 0.1) is 12.7 Å². The molecule has 0 radical (unpaired) electrons. The van der Waals surface area contributed by atoms with Crippen LogP contribution < -0.4 is 4.74 Å². The zero-order valence-electron chi connectivity index (χ0n) is 12.4. The van der Waals surface area contributed by atoms with E-state index in [-0.39, 0.29) is 22.9 Å². The molecule has 106 valence electrons. The Hall–Kier alpha value is -1.38. The minimum Gasteiger partial charge on any atom is -0.493 e. The Labute approximate surface area is 115 Å². The molecule has 1 aromatic carbocycles. The Bertz CT molecular complexity index is 447. The lowest BCUT2D eigenvalue weighted by molar-refractivity contribution is 0.0950. The molecule has 0 fully saturated rings. The summed E-state index contributed by atoms with van der Waals surface area (Å²) in [5.41, 5.74) is 0.523. The minimum absolute atomic E-state index is 0.0514. The van der Waals surface area contributed by atoms with Crippen molar-refractivity contribution >= 4 is 5.78 Å². The van der Waals surface area contributed by atoms with Gasteiger partial charge in [0.1, 0.15) is 0 Å². The summed E-state index contributed by atoms with van der Waals surface area (Å²) in [5, 5.41) is 0. The molecule has 0 aliphatic rings. The smallest absolute Gasteiger partial charge is 0.166 e. The van der Waals surface area contributed by atoms with Crippen LogP contribution in [0, 0.1) is 17.2 Å². The third-order valence-electron chi connectivity index (χ3n) is 2.97. The van der Waals surface area contributed by atoms with Gasteiger partial charge in [-0.25, -0.2) is 4.39 Å². The molecule has 0 aromatic heterocycles. The monoisotopic (exact) mass is 266 g/mol. The maximum absolute atomic E-state index is 13.5. The first kappa shape index (κ1) is 15.7. The van der Waals surface area contributed by atoms with E-state index in [0.29, 0.717) is 12.0 Å². The summed E-state index contributed by atoms with van der Waals surface area (Å²) >= 11 is 0. The highest BCUT2D eigenvalue weighted by molar-refractivity contribution is 5.98. The van der Waals surface area contributed by atoms with Crippen LogP contribution in [0.4, 0.5) is 4.39 Å². The van der Waals surface area contributed by atoms with Gasteiger partial charge in [-0.1, -0.05) is 33.8 Å². The average molecular weight is 266 g/mol. The van der Waals surface area contributed by atoms with E-state index in [1.807, 2.05) is 0 Å². The van der Waals surface area contributed by atoms with Crippen LogP contribution >= 0.6 is 0 Å². The fraction of sp³-hybridized carbons (Fsp3) is 0.562. The molecule has 1 aromatic rings. The van der Waals surface area contributed by atoms with E-state index in [9.17, 15) is 9.18 Å². The van der Waals surface area contributed by atoms with Gasteiger partial charge in [0, 0.05) is 6.42 Å². The van der Waals surface area contributed by atoms with Crippen molar-refractivity contribution in [2.45, 2.75) is 40.5 Å². The maximum Gasteiger partial charge on any atom is 0.166 e. The lowest BCUT2D eigenvalue weighted by Gasteiger charge is -2.23. The van der Waals surface area contributed by atoms with Gasteiger partial charge < -0.3 is 4.74 Å². The predicted molar refractivity (Wildman–Crippen MR) is 75.1 cm³/mol. The molecule has 0 spiro atoms. The van der Waals surface area contributed by atoms with Crippen LogP contribution in [0.5, 0.6) is 5.75 Å². The zero-order valence-corrected chi connectivity index (χ0v) is 12.4. The number of Topliss-reactive ketones (excluding diaryl/α,β-unsaturated/α-hetero) is 1. The van der Waals surface area contributed by atoms with Gasteiger partial charge in [-0.2, -0.15) is 0 Å². The molecule has 1 rings (SSSR count). The number of carbonyl (C=O) groups is 1. The molecule has 2 nitrogen and oxygen atoms in total. The largest absolute Gasteiger partial charge is 0.493 e. The number of ketones is 1. The Balaban J connectivity index is 2.82. The van der Waals surface area contributed by atoms with Crippen LogP contribution in [0.25, 0.3) is 0 Å². The van der Waals surface area contributed by atoms with Crippen molar-refractivity contribution in [1.29, 1.82) is 0 Å². The van der Waals surface area contributed by atoms with Crippen molar-refractivity contribution in [3.8, 4) is 5.75 Å². The molecule has 1 atom stereocenters. The van der Waals surface area contributed by atoms with Crippen LogP contribution in [0.15, 0.2) is 18.2 Å². The van der Waals surface area contributed by atoms with Gasteiger partial charge in [-0.05, 0) is 29.9 Å². The van der Waals surface area contributed by atoms with Crippen LogP contribution in [0.3, 0.4) is 0 Å². The van der Waals surface area contributed by atoms with E-state index in [0.717, 1.165) is 6.42 Å². The summed E-state index contributed by atoms with van der Waals surface area (Å²) in [6.45, 7) is 8.50. The Morgan fingerprint density at radius 1 is 1.37 bits per heavy atom. The lowest BCUT2D eigenvalue weighted by atomic mass is 9.83. The van der Waals surface area contributed by atoms with Crippen molar-refractivity contribution in [1.82, 2.24) is 0 Å². The first-order valence-corrected chi connectivity index (χ1v) is 6.60. The highest BCUT2D eigenvalue weighted by Gasteiger charge is 2.21. The Morgan fingerprint density at radius 3 is 2.53 bits per heavy atom. The van der Waals surface area contributed by atoms with Crippen molar-refractivity contribution in [2.75, 3.05) is 7.11 Å². The molecule has 0 bridgehead atoms.